The van der Waals surface area contributed by atoms with Gasteiger partial charge in [-0.05, 0) is 6.07 Å². The zero-order chi connectivity index (χ0) is 7.40. The summed E-state index contributed by atoms with van der Waals surface area (Å²) in [6.07, 6.45) is 3.31. The van der Waals surface area contributed by atoms with Crippen molar-refractivity contribution in [3.05, 3.63) is 18.5 Å². The fourth-order valence-electron chi connectivity index (χ4n) is 0.644. The molecule has 0 saturated carbocycles. The molecule has 54 valence electrons. The second-order valence-corrected chi connectivity index (χ2v) is 1.84. The quantitative estimate of drug-likeness (QED) is 0.511. The highest BCUT2D eigenvalue weighted by Crippen LogP contribution is 2.12. The molecule has 0 fully saturated rings. The van der Waals surface area contributed by atoms with Crippen LogP contribution < -0.4 is 16.6 Å². The Morgan fingerprint density at radius 1 is 1.60 bits per heavy atom. The third kappa shape index (κ3) is 1.35. The molecule has 0 aliphatic carbocycles. The number of nitrogens with zero attached hydrogens (tertiary/aromatic N) is 1. The van der Waals surface area contributed by atoms with Crippen LogP contribution in [0, 0.1) is 0 Å². The van der Waals surface area contributed by atoms with Crippen LogP contribution >= 0.6 is 0 Å². The van der Waals surface area contributed by atoms with Crippen molar-refractivity contribution in [2.75, 3.05) is 18.2 Å². The lowest BCUT2D eigenvalue weighted by Gasteiger charge is -2.04. The highest BCUT2D eigenvalue weighted by Gasteiger charge is 1.92. The third-order valence-electron chi connectivity index (χ3n) is 1.11. The smallest absolute Gasteiger partial charge is 0.0904 e. The second-order valence-electron chi connectivity index (χ2n) is 1.84. The first-order valence-corrected chi connectivity index (χ1v) is 2.97. The number of nitrogen functional groups attached to an aromatic ring is 1. The SMILES string of the molecule is CNNc1cnccc1N. The van der Waals surface area contributed by atoms with Crippen molar-refractivity contribution in [3.8, 4) is 0 Å². The summed E-state index contributed by atoms with van der Waals surface area (Å²) in [4.78, 5) is 3.88. The second kappa shape index (κ2) is 3.03. The van der Waals surface area contributed by atoms with E-state index in [1.54, 1.807) is 25.5 Å². The predicted molar refractivity (Wildman–Crippen MR) is 41.3 cm³/mol. The van der Waals surface area contributed by atoms with E-state index in [0.717, 1.165) is 5.69 Å². The van der Waals surface area contributed by atoms with Crippen molar-refractivity contribution in [3.63, 3.8) is 0 Å². The molecule has 0 aromatic carbocycles. The lowest BCUT2D eigenvalue weighted by molar-refractivity contribution is 0.981. The summed E-state index contributed by atoms with van der Waals surface area (Å²) < 4.78 is 0. The molecule has 0 aliphatic heterocycles. The van der Waals surface area contributed by atoms with Crippen LogP contribution in [0.25, 0.3) is 0 Å². The first-order valence-electron chi connectivity index (χ1n) is 2.97. The Hall–Kier alpha value is -1.29. The van der Waals surface area contributed by atoms with E-state index in [2.05, 4.69) is 15.8 Å². The van der Waals surface area contributed by atoms with E-state index in [1.165, 1.54) is 0 Å². The van der Waals surface area contributed by atoms with E-state index in [-0.39, 0.29) is 0 Å². The largest absolute Gasteiger partial charge is 0.397 e. The Kier molecular flexibility index (Phi) is 2.07. The number of pyridine rings is 1. The molecule has 1 aromatic heterocycles. The molecule has 0 spiro atoms. The molecule has 4 nitrogen and oxygen atoms in total. The highest BCUT2D eigenvalue weighted by atomic mass is 15.3. The van der Waals surface area contributed by atoms with Gasteiger partial charge in [-0.3, -0.25) is 4.98 Å². The lowest BCUT2D eigenvalue weighted by atomic mass is 10.4. The minimum absolute atomic E-state index is 0.685. The monoisotopic (exact) mass is 138 g/mol. The zero-order valence-electron chi connectivity index (χ0n) is 5.76. The van der Waals surface area contributed by atoms with Crippen LogP contribution in [0.3, 0.4) is 0 Å². The molecule has 0 unspecified atom stereocenters. The van der Waals surface area contributed by atoms with Crippen molar-refractivity contribution < 1.29 is 0 Å². The van der Waals surface area contributed by atoms with Gasteiger partial charge in [0.1, 0.15) is 0 Å². The maximum atomic E-state index is 5.56. The number of aromatic nitrogens is 1. The van der Waals surface area contributed by atoms with E-state index >= 15 is 0 Å². The average Bonchev–Trinajstić information content (AvgIpc) is 1.94. The average molecular weight is 138 g/mol. The summed E-state index contributed by atoms with van der Waals surface area (Å²) in [5.41, 5.74) is 12.6. The van der Waals surface area contributed by atoms with Gasteiger partial charge >= 0.3 is 0 Å². The topological polar surface area (TPSA) is 63.0 Å². The maximum Gasteiger partial charge on any atom is 0.0904 e. The molecule has 4 N–H and O–H groups in total. The summed E-state index contributed by atoms with van der Waals surface area (Å²) in [5, 5.41) is 0. The zero-order valence-corrected chi connectivity index (χ0v) is 5.76. The lowest BCUT2D eigenvalue weighted by Crippen LogP contribution is -2.16. The van der Waals surface area contributed by atoms with Gasteiger partial charge in [0.05, 0.1) is 17.6 Å². The van der Waals surface area contributed by atoms with Crippen LogP contribution in [0.4, 0.5) is 11.4 Å². The third-order valence-corrected chi connectivity index (χ3v) is 1.11. The molecule has 0 radical (unpaired) electrons. The number of rotatable bonds is 2. The number of hydrogen-bond donors (Lipinski definition) is 3. The summed E-state index contributed by atoms with van der Waals surface area (Å²) in [7, 11) is 1.77. The van der Waals surface area contributed by atoms with Gasteiger partial charge in [0.15, 0.2) is 0 Å². The Balaban J connectivity index is 2.81. The fourth-order valence-corrected chi connectivity index (χ4v) is 0.644. The molecular formula is C6H10N4. The molecule has 1 rings (SSSR count). The van der Waals surface area contributed by atoms with E-state index in [0.29, 0.717) is 5.69 Å². The van der Waals surface area contributed by atoms with Crippen LogP contribution in [-0.4, -0.2) is 12.0 Å². The normalized spacial score (nSPS) is 9.30. The minimum Gasteiger partial charge on any atom is -0.397 e. The molecule has 0 atom stereocenters. The molecule has 1 heterocycles. The van der Waals surface area contributed by atoms with Gasteiger partial charge in [-0.15, -0.1) is 0 Å². The molecule has 0 aliphatic rings. The maximum absolute atomic E-state index is 5.56. The fraction of sp³-hybridized carbons (Fsp3) is 0.167. The Morgan fingerprint density at radius 3 is 3.00 bits per heavy atom. The van der Waals surface area contributed by atoms with Crippen LogP contribution in [0.1, 0.15) is 0 Å². The van der Waals surface area contributed by atoms with Crippen molar-refractivity contribution in [2.24, 2.45) is 0 Å². The molecule has 0 bridgehead atoms. The highest BCUT2D eigenvalue weighted by molar-refractivity contribution is 5.63. The Bertz CT molecular complexity index is 211. The van der Waals surface area contributed by atoms with E-state index in [9.17, 15) is 0 Å². The van der Waals surface area contributed by atoms with Gasteiger partial charge in [-0.2, -0.15) is 0 Å². The van der Waals surface area contributed by atoms with Gasteiger partial charge in [0, 0.05) is 13.2 Å². The van der Waals surface area contributed by atoms with Crippen LogP contribution in [-0.2, 0) is 0 Å². The first kappa shape index (κ1) is 6.82. The molecule has 10 heavy (non-hydrogen) atoms. The summed E-state index contributed by atoms with van der Waals surface area (Å²) in [6.45, 7) is 0. The summed E-state index contributed by atoms with van der Waals surface area (Å²) in [5.74, 6) is 0. The van der Waals surface area contributed by atoms with Crippen LogP contribution in [0.2, 0.25) is 0 Å². The molecule has 0 amide bonds. The number of hydrogen-bond acceptors (Lipinski definition) is 4. The van der Waals surface area contributed by atoms with Gasteiger partial charge in [0.2, 0.25) is 0 Å². The van der Waals surface area contributed by atoms with E-state index in [1.807, 2.05) is 0 Å². The van der Waals surface area contributed by atoms with Crippen molar-refractivity contribution in [1.82, 2.24) is 10.4 Å². The van der Waals surface area contributed by atoms with Gasteiger partial charge in [0.25, 0.3) is 0 Å². The summed E-state index contributed by atoms with van der Waals surface area (Å²) >= 11 is 0. The number of nitrogens with one attached hydrogen (secondary N) is 2. The van der Waals surface area contributed by atoms with E-state index in [4.69, 9.17) is 5.73 Å². The Labute approximate surface area is 59.4 Å². The standard InChI is InChI=1S/C6H10N4/c1-8-10-6-4-9-3-2-5(6)7/h2-4,8,10H,1H3,(H2,7,9). The van der Waals surface area contributed by atoms with Gasteiger partial charge in [-0.1, -0.05) is 0 Å². The number of nitrogens with two attached hydrogens (primary N) is 1. The van der Waals surface area contributed by atoms with E-state index < -0.39 is 0 Å². The number of anilines is 2. The number of hydrazine groups is 1. The van der Waals surface area contributed by atoms with Crippen LogP contribution in [0.5, 0.6) is 0 Å². The van der Waals surface area contributed by atoms with Crippen LogP contribution in [0.15, 0.2) is 18.5 Å². The first-order chi connectivity index (χ1) is 4.84. The summed E-state index contributed by atoms with van der Waals surface area (Å²) in [6, 6.07) is 1.74. The molecule has 0 saturated heterocycles. The molecule has 1 aromatic rings. The molecular weight excluding hydrogens is 128 g/mol. The van der Waals surface area contributed by atoms with Gasteiger partial charge in [-0.25, -0.2) is 5.43 Å². The Morgan fingerprint density at radius 2 is 2.40 bits per heavy atom. The van der Waals surface area contributed by atoms with Crippen molar-refractivity contribution in [1.29, 1.82) is 0 Å². The van der Waals surface area contributed by atoms with Crippen molar-refractivity contribution in [2.45, 2.75) is 0 Å². The minimum atomic E-state index is 0.685. The molecule has 4 heteroatoms. The van der Waals surface area contributed by atoms with Gasteiger partial charge < -0.3 is 11.2 Å². The van der Waals surface area contributed by atoms with Crippen molar-refractivity contribution >= 4 is 11.4 Å². The predicted octanol–water partition coefficient (Wildman–Crippen LogP) is 0.210.